The summed E-state index contributed by atoms with van der Waals surface area (Å²) in [5.74, 6) is 1.78. The van der Waals surface area contributed by atoms with E-state index in [9.17, 15) is 9.90 Å². The number of piperidine rings is 1. The van der Waals surface area contributed by atoms with Crippen molar-refractivity contribution in [2.24, 2.45) is 17.8 Å². The molecule has 2 saturated heterocycles. The number of amides is 1. The van der Waals surface area contributed by atoms with Gasteiger partial charge in [0.05, 0.1) is 11.5 Å². The summed E-state index contributed by atoms with van der Waals surface area (Å²) in [6, 6.07) is 8.52. The lowest BCUT2D eigenvalue weighted by molar-refractivity contribution is -0.123. The molecule has 0 bridgehead atoms. The normalized spacial score (nSPS) is 44.1. The van der Waals surface area contributed by atoms with Gasteiger partial charge in [-0.25, -0.2) is 0 Å². The molecule has 1 aliphatic carbocycles. The summed E-state index contributed by atoms with van der Waals surface area (Å²) in [6.45, 7) is 4.33. The molecule has 3 heterocycles. The Bertz CT molecular complexity index is 690. The summed E-state index contributed by atoms with van der Waals surface area (Å²) in [5, 5.41) is 13.5. The number of carbonyl (C=O) groups excluding carboxylic acids is 1. The lowest BCUT2D eigenvalue weighted by atomic mass is 9.62. The van der Waals surface area contributed by atoms with Crippen molar-refractivity contribution in [3.63, 3.8) is 0 Å². The number of aliphatic hydroxyl groups excluding tert-OH is 1. The molecule has 0 unspecified atom stereocenters. The topological polar surface area (TPSA) is 52.6 Å². The van der Waals surface area contributed by atoms with Gasteiger partial charge < -0.3 is 10.4 Å². The highest BCUT2D eigenvalue weighted by molar-refractivity contribution is 6.07. The highest BCUT2D eigenvalue weighted by Crippen LogP contribution is 2.54. The molecule has 4 nitrogen and oxygen atoms in total. The van der Waals surface area contributed by atoms with Gasteiger partial charge in [-0.1, -0.05) is 25.1 Å². The van der Waals surface area contributed by atoms with Crippen molar-refractivity contribution in [3.05, 3.63) is 29.8 Å². The fraction of sp³-hybridized carbons (Fsp3) is 0.650. The first-order valence-corrected chi connectivity index (χ1v) is 9.44. The predicted molar refractivity (Wildman–Crippen MR) is 92.7 cm³/mol. The number of nitrogens with one attached hydrogen (secondary N) is 1. The smallest absolute Gasteiger partial charge is 0.236 e. The minimum Gasteiger partial charge on any atom is -0.393 e. The minimum absolute atomic E-state index is 0.167. The SMILES string of the molecule is C[C@@H]1[C@H]2C[C@@H]3N(CC[C@@]34C(=O)Nc3ccccc34)C[C@@H]2CC[C@@H]1O. The summed E-state index contributed by atoms with van der Waals surface area (Å²) < 4.78 is 0. The third kappa shape index (κ3) is 1.79. The molecule has 1 aromatic rings. The van der Waals surface area contributed by atoms with E-state index in [1.54, 1.807) is 0 Å². The van der Waals surface area contributed by atoms with Gasteiger partial charge in [0.15, 0.2) is 0 Å². The second-order valence-electron chi connectivity index (χ2n) is 8.40. The fourth-order valence-corrected chi connectivity index (χ4v) is 6.21. The number of hydrogen-bond donors (Lipinski definition) is 2. The van der Waals surface area contributed by atoms with Gasteiger partial charge in [-0.05, 0) is 61.6 Å². The van der Waals surface area contributed by atoms with Gasteiger partial charge >= 0.3 is 0 Å². The first-order chi connectivity index (χ1) is 11.6. The van der Waals surface area contributed by atoms with Crippen LogP contribution in [0, 0.1) is 17.8 Å². The third-order valence-electron chi connectivity index (χ3n) is 7.55. The van der Waals surface area contributed by atoms with E-state index in [1.165, 1.54) is 5.56 Å². The van der Waals surface area contributed by atoms with Crippen LogP contribution >= 0.6 is 0 Å². The summed E-state index contributed by atoms with van der Waals surface area (Å²) in [7, 11) is 0. The largest absolute Gasteiger partial charge is 0.393 e. The highest BCUT2D eigenvalue weighted by atomic mass is 16.3. The summed E-state index contributed by atoms with van der Waals surface area (Å²) in [6.07, 6.45) is 3.88. The Morgan fingerprint density at radius 3 is 3.00 bits per heavy atom. The van der Waals surface area contributed by atoms with Gasteiger partial charge in [0.1, 0.15) is 0 Å². The number of aliphatic hydroxyl groups is 1. The van der Waals surface area contributed by atoms with E-state index in [1.807, 2.05) is 12.1 Å². The van der Waals surface area contributed by atoms with Crippen molar-refractivity contribution < 1.29 is 9.90 Å². The van der Waals surface area contributed by atoms with Crippen LogP contribution < -0.4 is 5.32 Å². The first kappa shape index (κ1) is 14.9. The van der Waals surface area contributed by atoms with Crippen LogP contribution in [-0.4, -0.2) is 41.1 Å². The highest BCUT2D eigenvalue weighted by Gasteiger charge is 2.60. The van der Waals surface area contributed by atoms with Crippen molar-refractivity contribution in [1.82, 2.24) is 4.90 Å². The monoisotopic (exact) mass is 326 g/mol. The van der Waals surface area contributed by atoms with E-state index < -0.39 is 0 Å². The molecule has 5 rings (SSSR count). The molecule has 1 saturated carbocycles. The van der Waals surface area contributed by atoms with Gasteiger partial charge in [-0.2, -0.15) is 0 Å². The molecule has 2 N–H and O–H groups in total. The van der Waals surface area contributed by atoms with Crippen molar-refractivity contribution in [2.75, 3.05) is 18.4 Å². The van der Waals surface area contributed by atoms with Crippen LogP contribution in [0.2, 0.25) is 0 Å². The van der Waals surface area contributed by atoms with Crippen molar-refractivity contribution in [1.29, 1.82) is 0 Å². The minimum atomic E-state index is -0.371. The maximum absolute atomic E-state index is 13.0. The lowest BCUT2D eigenvalue weighted by Crippen LogP contribution is -2.56. The van der Waals surface area contributed by atoms with Crippen LogP contribution in [0.25, 0.3) is 0 Å². The van der Waals surface area contributed by atoms with Gasteiger partial charge in [0, 0.05) is 18.3 Å². The Morgan fingerprint density at radius 1 is 1.29 bits per heavy atom. The summed E-state index contributed by atoms with van der Waals surface area (Å²) in [5.41, 5.74) is 1.83. The quantitative estimate of drug-likeness (QED) is 0.770. The molecule has 1 aromatic carbocycles. The van der Waals surface area contributed by atoms with E-state index >= 15 is 0 Å². The standard InChI is InChI=1S/C20H26N2O2/c1-12-14-10-18-20(15-4-2-3-5-16(15)21-19(20)24)8-9-22(18)11-13(14)6-7-17(12)23/h2-5,12-14,17-18,23H,6-11H2,1H3,(H,21,24)/t12-,13+,14-,17+,18+,20+/m1/s1. The number of nitrogens with zero attached hydrogens (tertiary/aromatic N) is 1. The Kier molecular flexibility index (Phi) is 3.14. The number of hydrogen-bond acceptors (Lipinski definition) is 3. The molecular weight excluding hydrogens is 300 g/mol. The van der Waals surface area contributed by atoms with Gasteiger partial charge in [-0.15, -0.1) is 0 Å². The maximum Gasteiger partial charge on any atom is 0.236 e. The van der Waals surface area contributed by atoms with Crippen molar-refractivity contribution in [3.8, 4) is 0 Å². The van der Waals surface area contributed by atoms with Crippen LogP contribution in [0.5, 0.6) is 0 Å². The molecule has 1 spiro atoms. The number of benzene rings is 1. The fourth-order valence-electron chi connectivity index (χ4n) is 6.21. The molecular formula is C20H26N2O2. The van der Waals surface area contributed by atoms with Crippen molar-refractivity contribution in [2.45, 2.75) is 50.2 Å². The van der Waals surface area contributed by atoms with Crippen LogP contribution in [-0.2, 0) is 10.2 Å². The molecule has 1 amide bonds. The third-order valence-corrected chi connectivity index (χ3v) is 7.55. The zero-order valence-corrected chi connectivity index (χ0v) is 14.2. The molecule has 3 aliphatic heterocycles. The molecule has 128 valence electrons. The summed E-state index contributed by atoms with van der Waals surface area (Å²) >= 11 is 0. The Hall–Kier alpha value is -1.39. The van der Waals surface area contributed by atoms with E-state index in [-0.39, 0.29) is 23.5 Å². The van der Waals surface area contributed by atoms with Gasteiger partial charge in [-0.3, -0.25) is 9.69 Å². The van der Waals surface area contributed by atoms with Crippen LogP contribution in [0.1, 0.15) is 38.2 Å². The Morgan fingerprint density at radius 2 is 2.12 bits per heavy atom. The zero-order valence-electron chi connectivity index (χ0n) is 14.2. The second-order valence-corrected chi connectivity index (χ2v) is 8.40. The predicted octanol–water partition coefficient (Wildman–Crippen LogP) is 2.38. The van der Waals surface area contributed by atoms with Gasteiger partial charge in [0.2, 0.25) is 5.91 Å². The first-order valence-electron chi connectivity index (χ1n) is 9.44. The van der Waals surface area contributed by atoms with Gasteiger partial charge in [0.25, 0.3) is 0 Å². The Balaban J connectivity index is 1.54. The molecule has 24 heavy (non-hydrogen) atoms. The Labute approximate surface area is 143 Å². The number of para-hydroxylation sites is 1. The molecule has 4 heteroatoms. The van der Waals surface area contributed by atoms with Crippen LogP contribution in [0.15, 0.2) is 24.3 Å². The lowest BCUT2D eigenvalue weighted by Gasteiger charge is -2.50. The maximum atomic E-state index is 13.0. The van der Waals surface area contributed by atoms with E-state index in [0.717, 1.165) is 44.5 Å². The zero-order chi connectivity index (χ0) is 16.5. The molecule has 3 fully saturated rings. The number of fused-ring (bicyclic) bond motifs is 5. The van der Waals surface area contributed by atoms with Crippen molar-refractivity contribution >= 4 is 11.6 Å². The number of rotatable bonds is 0. The van der Waals surface area contributed by atoms with Crippen LogP contribution in [0.4, 0.5) is 5.69 Å². The summed E-state index contributed by atoms with van der Waals surface area (Å²) in [4.78, 5) is 15.6. The average Bonchev–Trinajstić information content (AvgIpc) is 3.10. The average molecular weight is 326 g/mol. The van der Waals surface area contributed by atoms with E-state index in [0.29, 0.717) is 17.8 Å². The number of anilines is 1. The van der Waals surface area contributed by atoms with E-state index in [2.05, 4.69) is 29.3 Å². The van der Waals surface area contributed by atoms with E-state index in [4.69, 9.17) is 0 Å². The van der Waals surface area contributed by atoms with Crippen LogP contribution in [0.3, 0.4) is 0 Å². The molecule has 4 aliphatic rings. The molecule has 0 aromatic heterocycles. The molecule has 6 atom stereocenters. The second kappa shape index (κ2) is 5.06. The number of carbonyl (C=O) groups is 1. The molecule has 0 radical (unpaired) electrons.